The van der Waals surface area contributed by atoms with Gasteiger partial charge < -0.3 is 10.1 Å². The minimum absolute atomic E-state index is 0.165. The Morgan fingerprint density at radius 1 is 1.10 bits per heavy atom. The van der Waals surface area contributed by atoms with Gasteiger partial charge in [-0.15, -0.1) is 0 Å². The first-order chi connectivity index (χ1) is 14.7. The van der Waals surface area contributed by atoms with Crippen molar-refractivity contribution in [3.63, 3.8) is 0 Å². The van der Waals surface area contributed by atoms with E-state index < -0.39 is 21.7 Å². The lowest BCUT2D eigenvalue weighted by molar-refractivity contribution is 0.102. The van der Waals surface area contributed by atoms with E-state index in [4.69, 9.17) is 16.3 Å². The van der Waals surface area contributed by atoms with Gasteiger partial charge in [-0.05, 0) is 48.5 Å². The number of sulfonamides is 1. The van der Waals surface area contributed by atoms with E-state index in [1.165, 1.54) is 49.6 Å². The summed E-state index contributed by atoms with van der Waals surface area (Å²) >= 11 is 6.07. The summed E-state index contributed by atoms with van der Waals surface area (Å²) in [5.74, 6) is -0.405. The van der Waals surface area contributed by atoms with Crippen molar-refractivity contribution in [3.05, 3.63) is 88.7 Å². The molecule has 3 aromatic rings. The Bertz CT molecular complexity index is 1200. The summed E-state index contributed by atoms with van der Waals surface area (Å²) in [6.07, 6.45) is 1.04. The normalized spacial score (nSPS) is 11.1. The van der Waals surface area contributed by atoms with Gasteiger partial charge in [0.15, 0.2) is 0 Å². The topological polar surface area (TPSA) is 75.7 Å². The minimum atomic E-state index is -3.69. The molecule has 0 saturated heterocycles. The van der Waals surface area contributed by atoms with Crippen molar-refractivity contribution in [1.29, 1.82) is 0 Å². The second kappa shape index (κ2) is 9.36. The molecule has 6 nitrogen and oxygen atoms in total. The number of amides is 1. The van der Waals surface area contributed by atoms with Gasteiger partial charge in [-0.3, -0.25) is 9.10 Å². The number of methoxy groups -OCH3 is 1. The molecule has 3 aromatic carbocycles. The van der Waals surface area contributed by atoms with E-state index in [0.717, 1.165) is 10.6 Å². The molecule has 162 valence electrons. The standard InChI is InChI=1S/C22H20ClFN2O4S/c1-30-21-12-9-17(13-19(21)23)25-22(27)15-7-10-18(11-8-15)26(31(2,28)29)14-16-5-3-4-6-20(16)24/h3-13H,14H2,1-2H3,(H,25,27). The molecule has 1 amide bonds. The van der Waals surface area contributed by atoms with Gasteiger partial charge in [-0.25, -0.2) is 12.8 Å². The van der Waals surface area contributed by atoms with Crippen molar-refractivity contribution >= 4 is 38.9 Å². The minimum Gasteiger partial charge on any atom is -0.495 e. The first-order valence-electron chi connectivity index (χ1n) is 9.15. The second-order valence-corrected chi connectivity index (χ2v) is 9.03. The average Bonchev–Trinajstić information content (AvgIpc) is 2.72. The number of carbonyl (C=O) groups excluding carboxylic acids is 1. The first-order valence-corrected chi connectivity index (χ1v) is 11.4. The molecule has 0 unspecified atom stereocenters. The number of anilines is 2. The van der Waals surface area contributed by atoms with Gasteiger partial charge in [0, 0.05) is 16.8 Å². The van der Waals surface area contributed by atoms with Crippen LogP contribution in [0.3, 0.4) is 0 Å². The zero-order chi connectivity index (χ0) is 22.6. The van der Waals surface area contributed by atoms with Gasteiger partial charge in [-0.2, -0.15) is 0 Å². The monoisotopic (exact) mass is 462 g/mol. The van der Waals surface area contributed by atoms with Crippen LogP contribution in [0.5, 0.6) is 5.75 Å². The summed E-state index contributed by atoms with van der Waals surface area (Å²) < 4.78 is 44.8. The largest absolute Gasteiger partial charge is 0.495 e. The number of carbonyl (C=O) groups is 1. The highest BCUT2D eigenvalue weighted by Gasteiger charge is 2.20. The molecule has 0 fully saturated rings. The van der Waals surface area contributed by atoms with Crippen molar-refractivity contribution in [2.24, 2.45) is 0 Å². The van der Waals surface area contributed by atoms with Crippen LogP contribution >= 0.6 is 11.6 Å². The molecular formula is C22H20ClFN2O4S. The van der Waals surface area contributed by atoms with Crippen LogP contribution in [0, 0.1) is 5.82 Å². The van der Waals surface area contributed by atoms with Crippen LogP contribution in [-0.4, -0.2) is 27.7 Å². The molecule has 0 atom stereocenters. The number of nitrogens with one attached hydrogen (secondary N) is 1. The number of benzene rings is 3. The van der Waals surface area contributed by atoms with Crippen molar-refractivity contribution in [2.75, 3.05) is 23.0 Å². The van der Waals surface area contributed by atoms with E-state index >= 15 is 0 Å². The molecular weight excluding hydrogens is 443 g/mol. The van der Waals surface area contributed by atoms with Crippen molar-refractivity contribution in [2.45, 2.75) is 6.54 Å². The zero-order valence-electron chi connectivity index (χ0n) is 16.8. The number of hydrogen-bond acceptors (Lipinski definition) is 4. The summed E-state index contributed by atoms with van der Waals surface area (Å²) in [6.45, 7) is -0.165. The summed E-state index contributed by atoms with van der Waals surface area (Å²) in [5.41, 5.74) is 1.35. The van der Waals surface area contributed by atoms with E-state index in [-0.39, 0.29) is 12.1 Å². The summed E-state index contributed by atoms with van der Waals surface area (Å²) in [5, 5.41) is 3.07. The van der Waals surface area contributed by atoms with Gasteiger partial charge in [0.2, 0.25) is 10.0 Å². The fraction of sp³-hybridized carbons (Fsp3) is 0.136. The SMILES string of the molecule is COc1ccc(NC(=O)c2ccc(N(Cc3ccccc3F)S(C)(=O)=O)cc2)cc1Cl. The molecule has 9 heteroatoms. The van der Waals surface area contributed by atoms with E-state index in [1.54, 1.807) is 24.3 Å². The van der Waals surface area contributed by atoms with Crippen molar-refractivity contribution in [1.82, 2.24) is 0 Å². The van der Waals surface area contributed by atoms with Crippen LogP contribution in [0.25, 0.3) is 0 Å². The van der Waals surface area contributed by atoms with Gasteiger partial charge in [0.25, 0.3) is 5.91 Å². The predicted octanol–water partition coefficient (Wildman–Crippen LogP) is 4.71. The number of halogens is 2. The van der Waals surface area contributed by atoms with E-state index in [1.807, 2.05) is 0 Å². The van der Waals surface area contributed by atoms with Crippen LogP contribution in [0.4, 0.5) is 15.8 Å². The molecule has 0 radical (unpaired) electrons. The predicted molar refractivity (Wildman–Crippen MR) is 120 cm³/mol. The molecule has 0 spiro atoms. The fourth-order valence-electron chi connectivity index (χ4n) is 2.91. The zero-order valence-corrected chi connectivity index (χ0v) is 18.4. The Labute approximate surface area is 185 Å². The molecule has 0 aliphatic rings. The van der Waals surface area contributed by atoms with Crippen LogP contribution in [0.15, 0.2) is 66.7 Å². The third-order valence-electron chi connectivity index (χ3n) is 4.50. The first kappa shape index (κ1) is 22.6. The van der Waals surface area contributed by atoms with Gasteiger partial charge in [-0.1, -0.05) is 29.8 Å². The highest BCUT2D eigenvalue weighted by atomic mass is 35.5. The Morgan fingerprint density at radius 2 is 1.77 bits per heavy atom. The molecule has 1 N–H and O–H groups in total. The Hall–Kier alpha value is -3.10. The van der Waals surface area contributed by atoms with E-state index in [0.29, 0.717) is 27.7 Å². The lowest BCUT2D eigenvalue weighted by atomic mass is 10.1. The highest BCUT2D eigenvalue weighted by molar-refractivity contribution is 7.92. The van der Waals surface area contributed by atoms with Crippen LogP contribution < -0.4 is 14.4 Å². The number of nitrogens with zero attached hydrogens (tertiary/aromatic N) is 1. The average molecular weight is 463 g/mol. The van der Waals surface area contributed by atoms with Crippen LogP contribution in [0.2, 0.25) is 5.02 Å². The Balaban J connectivity index is 1.80. The fourth-order valence-corrected chi connectivity index (χ4v) is 4.04. The molecule has 0 bridgehead atoms. The number of ether oxygens (including phenoxy) is 1. The summed E-state index contributed by atoms with van der Waals surface area (Å²) in [7, 11) is -2.19. The molecule has 0 heterocycles. The molecule has 0 aliphatic carbocycles. The molecule has 0 aliphatic heterocycles. The van der Waals surface area contributed by atoms with Crippen molar-refractivity contribution < 1.29 is 22.3 Å². The number of hydrogen-bond donors (Lipinski definition) is 1. The van der Waals surface area contributed by atoms with Crippen LogP contribution in [-0.2, 0) is 16.6 Å². The Morgan fingerprint density at radius 3 is 2.35 bits per heavy atom. The molecule has 3 rings (SSSR count). The lowest BCUT2D eigenvalue weighted by Crippen LogP contribution is -2.29. The Kier molecular flexibility index (Phi) is 6.82. The van der Waals surface area contributed by atoms with Crippen LogP contribution in [0.1, 0.15) is 15.9 Å². The highest BCUT2D eigenvalue weighted by Crippen LogP contribution is 2.28. The second-order valence-electron chi connectivity index (χ2n) is 6.71. The maximum atomic E-state index is 14.0. The molecule has 31 heavy (non-hydrogen) atoms. The van der Waals surface area contributed by atoms with Crippen molar-refractivity contribution in [3.8, 4) is 5.75 Å². The molecule has 0 saturated carbocycles. The van der Waals surface area contributed by atoms with Gasteiger partial charge in [0.1, 0.15) is 11.6 Å². The summed E-state index contributed by atoms with van der Waals surface area (Å²) in [6, 6.07) is 16.8. The summed E-state index contributed by atoms with van der Waals surface area (Å²) in [4.78, 5) is 12.5. The third-order valence-corrected chi connectivity index (χ3v) is 5.94. The third kappa shape index (κ3) is 5.53. The molecule has 0 aromatic heterocycles. The maximum Gasteiger partial charge on any atom is 0.255 e. The quantitative estimate of drug-likeness (QED) is 0.552. The van der Waals surface area contributed by atoms with E-state index in [9.17, 15) is 17.6 Å². The smallest absolute Gasteiger partial charge is 0.255 e. The van der Waals surface area contributed by atoms with Gasteiger partial charge >= 0.3 is 0 Å². The van der Waals surface area contributed by atoms with Gasteiger partial charge in [0.05, 0.1) is 30.6 Å². The lowest BCUT2D eigenvalue weighted by Gasteiger charge is -2.23. The van der Waals surface area contributed by atoms with E-state index in [2.05, 4.69) is 5.32 Å². The number of rotatable bonds is 7. The maximum absolute atomic E-state index is 14.0.